The molecule has 0 spiro atoms. The molecule has 8 rings (SSSR count). The highest BCUT2D eigenvalue weighted by atomic mass is 16.5. The summed E-state index contributed by atoms with van der Waals surface area (Å²) in [5.41, 5.74) is 6.46. The molecule has 6 nitrogen and oxygen atoms in total. The number of fused-ring (bicyclic) bond motifs is 12. The van der Waals surface area contributed by atoms with Gasteiger partial charge in [0.2, 0.25) is 5.69 Å². The summed E-state index contributed by atoms with van der Waals surface area (Å²) in [5.74, 6) is -0.804. The van der Waals surface area contributed by atoms with Gasteiger partial charge >= 0.3 is 5.97 Å². The van der Waals surface area contributed by atoms with Crippen LogP contribution in [0.1, 0.15) is 77.3 Å². The number of unbranched alkanes of at least 4 members (excludes halogenated alkanes) is 3. The second-order valence-electron chi connectivity index (χ2n) is 16.5. The van der Waals surface area contributed by atoms with Gasteiger partial charge in [-0.25, -0.2) is 0 Å². The molecule has 0 saturated heterocycles. The average molecular weight is 770 g/mol. The number of carbonyl (C=O) groups is 2. The first-order valence-corrected chi connectivity index (χ1v) is 20.8. The van der Waals surface area contributed by atoms with Crippen LogP contribution in [-0.4, -0.2) is 47.5 Å². The van der Waals surface area contributed by atoms with Gasteiger partial charge in [-0.15, -0.1) is 0 Å². The fourth-order valence-electron chi connectivity index (χ4n) is 10.1. The SMILES string of the molecule is CCCCCCC1(C)C(/C=C/C=C/C=C2\N(CCOC=O)c3c(c4ccccc4c4ccccc34)C2(C)C)=[N+](CCC(=O)O)c2c1c1ccccc1c1ccccc21. The molecule has 6 aromatic carbocycles. The van der Waals surface area contributed by atoms with E-state index in [4.69, 9.17) is 4.74 Å². The Kier molecular flexibility index (Phi) is 10.8. The number of nitrogens with zero attached hydrogens (tertiary/aromatic N) is 2. The molecule has 58 heavy (non-hydrogen) atoms. The highest BCUT2D eigenvalue weighted by Gasteiger charge is 2.49. The molecule has 0 fully saturated rings. The Morgan fingerprint density at radius 3 is 1.91 bits per heavy atom. The minimum atomic E-state index is -0.804. The molecule has 0 aromatic heterocycles. The molecule has 294 valence electrons. The van der Waals surface area contributed by atoms with E-state index in [1.807, 2.05) is 0 Å². The summed E-state index contributed by atoms with van der Waals surface area (Å²) in [4.78, 5) is 25.8. The number of aliphatic carboxylic acids is 1. The number of carboxylic acid groups (broad SMARTS) is 1. The molecule has 1 unspecified atom stereocenters. The van der Waals surface area contributed by atoms with Crippen LogP contribution in [0.25, 0.3) is 43.1 Å². The van der Waals surface area contributed by atoms with Gasteiger partial charge in [-0.1, -0.05) is 156 Å². The molecule has 0 bridgehead atoms. The van der Waals surface area contributed by atoms with E-state index in [9.17, 15) is 14.7 Å². The minimum absolute atomic E-state index is 0.0362. The molecule has 2 heterocycles. The van der Waals surface area contributed by atoms with Gasteiger partial charge in [0, 0.05) is 28.1 Å². The normalized spacial score (nSPS) is 18.1. The molecular formula is C52H53N2O4+. The van der Waals surface area contributed by atoms with Gasteiger partial charge in [0.25, 0.3) is 6.47 Å². The first kappa shape index (κ1) is 38.8. The quantitative estimate of drug-likeness (QED) is 0.0370. The van der Waals surface area contributed by atoms with Crippen LogP contribution in [0.2, 0.25) is 0 Å². The van der Waals surface area contributed by atoms with Crippen LogP contribution in [0.3, 0.4) is 0 Å². The number of anilines is 1. The number of ether oxygens (including phenoxy) is 1. The van der Waals surface area contributed by atoms with Crippen molar-refractivity contribution in [1.82, 2.24) is 0 Å². The van der Waals surface area contributed by atoms with Crippen molar-refractivity contribution in [2.45, 2.75) is 77.0 Å². The van der Waals surface area contributed by atoms with E-state index in [1.165, 1.54) is 55.3 Å². The number of carbonyl (C=O) groups excluding carboxylic acids is 1. The van der Waals surface area contributed by atoms with Crippen LogP contribution in [0.15, 0.2) is 133 Å². The zero-order valence-corrected chi connectivity index (χ0v) is 34.1. The predicted molar refractivity (Wildman–Crippen MR) is 240 cm³/mol. The Hall–Kier alpha value is -6.01. The zero-order valence-electron chi connectivity index (χ0n) is 34.1. The first-order valence-electron chi connectivity index (χ1n) is 20.8. The topological polar surface area (TPSA) is 69.8 Å². The van der Waals surface area contributed by atoms with Crippen LogP contribution >= 0.6 is 0 Å². The third-order valence-electron chi connectivity index (χ3n) is 12.6. The lowest BCUT2D eigenvalue weighted by Gasteiger charge is -2.27. The number of rotatable bonds is 15. The van der Waals surface area contributed by atoms with Gasteiger partial charge in [0.05, 0.1) is 23.0 Å². The van der Waals surface area contributed by atoms with Gasteiger partial charge in [-0.3, -0.25) is 9.59 Å². The molecule has 0 saturated carbocycles. The lowest BCUT2D eigenvalue weighted by Crippen LogP contribution is -2.32. The third-order valence-corrected chi connectivity index (χ3v) is 12.6. The lowest BCUT2D eigenvalue weighted by atomic mass is 9.73. The standard InChI is InChI=1S/C52H52N2O4/c1-5-6-7-19-31-52(4)45(53(32-30-46(56)57)50-43-27-18-14-23-39(43)37-21-12-16-25-41(37)48(50)52)29-10-8-9-28-44-51(2,3)47-40-24-15-11-20-36(40)38-22-13-17-26-42(38)49(47)54(44)33-34-58-35-55/h8-18,20-29,35H,5-7,19,30-34H2,1-4H3/p+1. The predicted octanol–water partition coefficient (Wildman–Crippen LogP) is 12.1. The molecule has 6 heteroatoms. The van der Waals surface area contributed by atoms with E-state index in [1.54, 1.807) is 0 Å². The smallest absolute Gasteiger partial charge is 0.309 e. The van der Waals surface area contributed by atoms with Gasteiger partial charge in [0.1, 0.15) is 13.0 Å². The molecule has 1 atom stereocenters. The summed E-state index contributed by atoms with van der Waals surface area (Å²) in [6, 6.07) is 34.5. The summed E-state index contributed by atoms with van der Waals surface area (Å²) in [5, 5.41) is 19.6. The number of carboxylic acids is 1. The molecule has 2 aliphatic rings. The van der Waals surface area contributed by atoms with Crippen molar-refractivity contribution < 1.29 is 24.0 Å². The van der Waals surface area contributed by atoms with Crippen LogP contribution in [0.4, 0.5) is 11.4 Å². The van der Waals surface area contributed by atoms with Crippen molar-refractivity contribution >= 4 is 72.6 Å². The average Bonchev–Trinajstić information content (AvgIpc) is 3.62. The maximum Gasteiger partial charge on any atom is 0.309 e. The van der Waals surface area contributed by atoms with Crippen LogP contribution < -0.4 is 4.90 Å². The van der Waals surface area contributed by atoms with Gasteiger partial charge in [0.15, 0.2) is 12.3 Å². The molecule has 0 aliphatic carbocycles. The fraction of sp³-hybridized carbons (Fsp3) is 0.288. The molecule has 2 aliphatic heterocycles. The van der Waals surface area contributed by atoms with Crippen molar-refractivity contribution in [3.8, 4) is 0 Å². The lowest BCUT2D eigenvalue weighted by molar-refractivity contribution is -0.435. The highest BCUT2D eigenvalue weighted by molar-refractivity contribution is 6.19. The summed E-state index contributed by atoms with van der Waals surface area (Å²) in [6.45, 7) is 10.9. The first-order chi connectivity index (χ1) is 28.2. The monoisotopic (exact) mass is 769 g/mol. The number of benzene rings is 6. The van der Waals surface area contributed by atoms with Gasteiger partial charge in [-0.05, 0) is 63.4 Å². The molecule has 1 N–H and O–H groups in total. The molecular weight excluding hydrogens is 717 g/mol. The maximum atomic E-state index is 12.2. The van der Waals surface area contributed by atoms with Crippen molar-refractivity contribution in [3.63, 3.8) is 0 Å². The number of allylic oxidation sites excluding steroid dienone is 6. The van der Waals surface area contributed by atoms with Crippen molar-refractivity contribution in [3.05, 3.63) is 144 Å². The van der Waals surface area contributed by atoms with Crippen LogP contribution in [0, 0.1) is 0 Å². The van der Waals surface area contributed by atoms with Crippen LogP contribution in [-0.2, 0) is 25.2 Å². The summed E-state index contributed by atoms with van der Waals surface area (Å²) < 4.78 is 7.60. The summed E-state index contributed by atoms with van der Waals surface area (Å²) in [7, 11) is 0. The van der Waals surface area contributed by atoms with Crippen LogP contribution in [0.5, 0.6) is 0 Å². The van der Waals surface area contributed by atoms with Crippen molar-refractivity contribution in [2.24, 2.45) is 0 Å². The summed E-state index contributed by atoms with van der Waals surface area (Å²) in [6.07, 6.45) is 16.4. The Bertz CT molecular complexity index is 2700. The molecule has 6 aromatic rings. The largest absolute Gasteiger partial charge is 0.481 e. The van der Waals surface area contributed by atoms with E-state index < -0.39 is 5.97 Å². The third kappa shape index (κ3) is 6.58. The van der Waals surface area contributed by atoms with E-state index in [2.05, 4.69) is 165 Å². The van der Waals surface area contributed by atoms with Crippen molar-refractivity contribution in [1.29, 1.82) is 0 Å². The number of hydrogen-bond acceptors (Lipinski definition) is 4. The second kappa shape index (κ2) is 16.1. The number of hydrogen-bond donors (Lipinski definition) is 1. The van der Waals surface area contributed by atoms with E-state index in [0.29, 0.717) is 19.6 Å². The van der Waals surface area contributed by atoms with E-state index in [0.717, 1.165) is 53.9 Å². The Morgan fingerprint density at radius 2 is 1.29 bits per heavy atom. The van der Waals surface area contributed by atoms with Gasteiger partial charge < -0.3 is 14.7 Å². The maximum absolute atomic E-state index is 12.2. The summed E-state index contributed by atoms with van der Waals surface area (Å²) >= 11 is 0. The molecule has 0 amide bonds. The van der Waals surface area contributed by atoms with Crippen molar-refractivity contribution in [2.75, 3.05) is 24.6 Å². The second-order valence-corrected chi connectivity index (χ2v) is 16.5. The highest BCUT2D eigenvalue weighted by Crippen LogP contribution is 2.55. The Morgan fingerprint density at radius 1 is 0.724 bits per heavy atom. The minimum Gasteiger partial charge on any atom is -0.481 e. The van der Waals surface area contributed by atoms with E-state index >= 15 is 0 Å². The van der Waals surface area contributed by atoms with Gasteiger partial charge in [-0.2, -0.15) is 4.58 Å². The zero-order chi connectivity index (χ0) is 40.4. The van der Waals surface area contributed by atoms with E-state index in [-0.39, 0.29) is 23.9 Å². The molecule has 0 radical (unpaired) electrons. The fourth-order valence-corrected chi connectivity index (χ4v) is 10.1. The Labute approximate surface area is 341 Å². The Balaban J connectivity index is 1.25.